The molecular formula is C15H21N4O2+. The second-order valence-corrected chi connectivity index (χ2v) is 6.52. The number of quaternary nitrogens is 1. The van der Waals surface area contributed by atoms with Crippen molar-refractivity contribution in [1.82, 2.24) is 14.7 Å². The molecule has 0 N–H and O–H groups in total. The predicted molar refractivity (Wildman–Crippen MR) is 77.2 cm³/mol. The highest BCUT2D eigenvalue weighted by molar-refractivity contribution is 5.97. The van der Waals surface area contributed by atoms with Crippen LogP contribution in [0.4, 0.5) is 0 Å². The van der Waals surface area contributed by atoms with Gasteiger partial charge in [0.25, 0.3) is 0 Å². The molecule has 6 heteroatoms. The second-order valence-electron chi connectivity index (χ2n) is 6.52. The SMILES string of the molecule is COc1cccc(C(=O)C[N+]23CN4CN(CN(C4)C2)C3)c1. The number of ether oxygens (including phenoxy) is 1. The third kappa shape index (κ3) is 2.34. The maximum Gasteiger partial charge on any atom is 0.217 e. The second kappa shape index (κ2) is 4.78. The summed E-state index contributed by atoms with van der Waals surface area (Å²) in [5.74, 6) is 0.953. The number of nitrogens with zero attached hydrogens (tertiary/aromatic N) is 4. The van der Waals surface area contributed by atoms with Crippen molar-refractivity contribution in [2.24, 2.45) is 0 Å². The molecule has 4 saturated heterocycles. The quantitative estimate of drug-likeness (QED) is 0.592. The zero-order chi connectivity index (χ0) is 14.4. The van der Waals surface area contributed by atoms with E-state index in [2.05, 4.69) is 14.7 Å². The number of carbonyl (C=O) groups is 1. The normalized spacial score (nSPS) is 36.7. The summed E-state index contributed by atoms with van der Waals surface area (Å²) < 4.78 is 6.06. The first-order valence-corrected chi connectivity index (χ1v) is 7.35. The van der Waals surface area contributed by atoms with Crippen LogP contribution in [0.3, 0.4) is 0 Å². The third-order valence-electron chi connectivity index (χ3n) is 4.57. The molecule has 5 rings (SSSR count). The van der Waals surface area contributed by atoms with E-state index in [1.165, 1.54) is 0 Å². The van der Waals surface area contributed by atoms with Crippen LogP contribution < -0.4 is 4.74 Å². The van der Waals surface area contributed by atoms with Gasteiger partial charge in [-0.05, 0) is 12.1 Å². The van der Waals surface area contributed by atoms with Crippen LogP contribution in [-0.4, -0.2) is 78.6 Å². The number of hydrogen-bond donors (Lipinski definition) is 0. The summed E-state index contributed by atoms with van der Waals surface area (Å²) in [6.07, 6.45) is 0. The van der Waals surface area contributed by atoms with Crippen LogP contribution in [-0.2, 0) is 0 Å². The number of Topliss-reactive ketones (excluding diaryl/α,β-unsaturated/α-hetero) is 1. The van der Waals surface area contributed by atoms with Crippen molar-refractivity contribution in [2.75, 3.05) is 53.7 Å². The van der Waals surface area contributed by atoms with Gasteiger partial charge in [-0.2, -0.15) is 0 Å². The predicted octanol–water partition coefficient (Wildman–Crippen LogP) is 0.386. The zero-order valence-corrected chi connectivity index (χ0v) is 12.4. The van der Waals surface area contributed by atoms with E-state index < -0.39 is 0 Å². The van der Waals surface area contributed by atoms with Gasteiger partial charge >= 0.3 is 0 Å². The van der Waals surface area contributed by atoms with Crippen LogP contribution in [0, 0.1) is 0 Å². The monoisotopic (exact) mass is 289 g/mol. The van der Waals surface area contributed by atoms with Crippen LogP contribution in [0.1, 0.15) is 10.4 Å². The van der Waals surface area contributed by atoms with Crippen LogP contribution >= 0.6 is 0 Å². The molecule has 4 bridgehead atoms. The molecule has 0 atom stereocenters. The van der Waals surface area contributed by atoms with Crippen molar-refractivity contribution in [1.29, 1.82) is 0 Å². The minimum Gasteiger partial charge on any atom is -0.497 e. The van der Waals surface area contributed by atoms with E-state index in [1.54, 1.807) is 7.11 Å². The first-order chi connectivity index (χ1) is 10.2. The van der Waals surface area contributed by atoms with E-state index in [0.29, 0.717) is 6.54 Å². The average molecular weight is 289 g/mol. The highest BCUT2D eigenvalue weighted by Crippen LogP contribution is 2.29. The van der Waals surface area contributed by atoms with Gasteiger partial charge in [0.15, 0.2) is 0 Å². The molecular weight excluding hydrogens is 268 g/mol. The Labute approximate surface area is 124 Å². The van der Waals surface area contributed by atoms with Crippen molar-refractivity contribution >= 4 is 5.78 Å². The Balaban J connectivity index is 1.54. The van der Waals surface area contributed by atoms with Crippen molar-refractivity contribution in [3.8, 4) is 5.75 Å². The molecule has 1 aromatic carbocycles. The fraction of sp³-hybridized carbons (Fsp3) is 0.533. The third-order valence-corrected chi connectivity index (χ3v) is 4.57. The zero-order valence-electron chi connectivity index (χ0n) is 12.4. The molecule has 4 aliphatic heterocycles. The highest BCUT2D eigenvalue weighted by atomic mass is 16.5. The van der Waals surface area contributed by atoms with Crippen molar-refractivity contribution in [2.45, 2.75) is 0 Å². The lowest BCUT2D eigenvalue weighted by atomic mass is 10.1. The highest BCUT2D eigenvalue weighted by Gasteiger charge is 2.49. The number of methoxy groups -OCH3 is 1. The van der Waals surface area contributed by atoms with Crippen LogP contribution in [0.25, 0.3) is 0 Å². The number of hydrogen-bond acceptors (Lipinski definition) is 5. The molecule has 4 aliphatic rings. The van der Waals surface area contributed by atoms with Crippen LogP contribution in [0.5, 0.6) is 5.75 Å². The summed E-state index contributed by atoms with van der Waals surface area (Å²) in [6.45, 7) is 6.67. The fourth-order valence-corrected chi connectivity index (χ4v) is 4.00. The topological polar surface area (TPSA) is 36.0 Å². The maximum atomic E-state index is 12.7. The molecule has 4 fully saturated rings. The van der Waals surface area contributed by atoms with E-state index in [4.69, 9.17) is 4.74 Å². The summed E-state index contributed by atoms with van der Waals surface area (Å²) in [5.41, 5.74) is 0.753. The molecule has 0 aliphatic carbocycles. The summed E-state index contributed by atoms with van der Waals surface area (Å²) in [4.78, 5) is 19.9. The Hall–Kier alpha value is -1.47. The molecule has 0 aromatic heterocycles. The number of benzene rings is 1. The Morgan fingerprint density at radius 2 is 1.76 bits per heavy atom. The Morgan fingerprint density at radius 3 is 2.33 bits per heavy atom. The van der Waals surface area contributed by atoms with E-state index in [9.17, 15) is 4.79 Å². The van der Waals surface area contributed by atoms with Gasteiger partial charge in [-0.3, -0.25) is 9.28 Å². The molecule has 1 aromatic rings. The lowest BCUT2D eigenvalue weighted by Gasteiger charge is -2.60. The van der Waals surface area contributed by atoms with E-state index in [1.807, 2.05) is 24.3 Å². The molecule has 0 amide bonds. The van der Waals surface area contributed by atoms with E-state index >= 15 is 0 Å². The van der Waals surface area contributed by atoms with Crippen molar-refractivity contribution in [3.63, 3.8) is 0 Å². The lowest BCUT2D eigenvalue weighted by molar-refractivity contribution is -0.973. The van der Waals surface area contributed by atoms with Gasteiger partial charge in [-0.1, -0.05) is 12.1 Å². The first kappa shape index (κ1) is 13.2. The first-order valence-electron chi connectivity index (χ1n) is 7.35. The van der Waals surface area contributed by atoms with Crippen LogP contribution in [0.2, 0.25) is 0 Å². The van der Waals surface area contributed by atoms with Gasteiger partial charge in [-0.25, -0.2) is 14.7 Å². The average Bonchev–Trinajstić information content (AvgIpc) is 2.45. The Kier molecular flexibility index (Phi) is 3.00. The van der Waals surface area contributed by atoms with Gasteiger partial charge in [0.1, 0.15) is 32.3 Å². The van der Waals surface area contributed by atoms with Gasteiger partial charge in [0.2, 0.25) is 5.78 Å². The van der Waals surface area contributed by atoms with Gasteiger partial charge in [0, 0.05) is 5.56 Å². The molecule has 6 nitrogen and oxygen atoms in total. The maximum absolute atomic E-state index is 12.7. The molecule has 0 unspecified atom stereocenters. The molecule has 112 valence electrons. The molecule has 4 heterocycles. The lowest BCUT2D eigenvalue weighted by Crippen LogP contribution is -2.79. The summed E-state index contributed by atoms with van der Waals surface area (Å²) >= 11 is 0. The minimum absolute atomic E-state index is 0.208. The number of ketones is 1. The van der Waals surface area contributed by atoms with Crippen molar-refractivity contribution in [3.05, 3.63) is 29.8 Å². The number of carbonyl (C=O) groups excluding carboxylic acids is 1. The largest absolute Gasteiger partial charge is 0.497 e. The van der Waals surface area contributed by atoms with E-state index in [-0.39, 0.29) is 5.78 Å². The summed E-state index contributed by atoms with van der Waals surface area (Å²) in [5, 5.41) is 0. The molecule has 0 saturated carbocycles. The minimum atomic E-state index is 0.208. The van der Waals surface area contributed by atoms with Gasteiger partial charge < -0.3 is 4.74 Å². The summed E-state index contributed by atoms with van der Waals surface area (Å²) in [6, 6.07) is 7.48. The molecule has 21 heavy (non-hydrogen) atoms. The fourth-order valence-electron chi connectivity index (χ4n) is 4.00. The van der Waals surface area contributed by atoms with Gasteiger partial charge in [0.05, 0.1) is 27.1 Å². The molecule has 0 radical (unpaired) electrons. The van der Waals surface area contributed by atoms with Crippen LogP contribution in [0.15, 0.2) is 24.3 Å². The van der Waals surface area contributed by atoms with Gasteiger partial charge in [-0.15, -0.1) is 0 Å². The Bertz CT molecular complexity index is 539. The smallest absolute Gasteiger partial charge is 0.217 e. The standard InChI is InChI=1S/C15H21N4O2/c1-21-14-4-2-3-13(5-14)15(20)6-19-10-16-7-17(11-19)9-18(8-16)12-19/h2-5H,6-12H2,1H3/q+1. The van der Waals surface area contributed by atoms with E-state index in [0.717, 1.165) is 55.8 Å². The number of rotatable bonds is 4. The summed E-state index contributed by atoms with van der Waals surface area (Å²) in [7, 11) is 1.63. The van der Waals surface area contributed by atoms with Crippen molar-refractivity contribution < 1.29 is 14.0 Å². The molecule has 0 spiro atoms. The Morgan fingerprint density at radius 1 is 1.14 bits per heavy atom.